The Morgan fingerprint density at radius 3 is 0.694 bits per heavy atom. The molecule has 36 heavy (non-hydrogen) atoms. The zero-order valence-corrected chi connectivity index (χ0v) is 31.8. The molecule has 0 aromatic carbocycles. The molecule has 0 spiro atoms. The van der Waals surface area contributed by atoms with E-state index in [1.165, 1.54) is 104 Å². The van der Waals surface area contributed by atoms with Gasteiger partial charge in [-0.3, -0.25) is 0 Å². The van der Waals surface area contributed by atoms with Crippen LogP contribution < -0.4 is 22.9 Å². The van der Waals surface area contributed by atoms with Crippen molar-refractivity contribution in [3.63, 3.8) is 0 Å². The summed E-state index contributed by atoms with van der Waals surface area (Å²) < 4.78 is 0. The SMILES string of the molecule is [NH3+]CCCN1CCN(CCC[NH3+])CC1.[NH3+]CCCN1CCN(CCC[NH3+])CC1.[SH-].[SH-].[SH-].[SH-].[S]1[Ge][S][Ge]1. The fourth-order valence-corrected chi connectivity index (χ4v) is 13.9. The van der Waals surface area contributed by atoms with Gasteiger partial charge in [-0.05, 0) is 0 Å². The fraction of sp³-hybridized carbons (Fsp3) is 1.00. The van der Waals surface area contributed by atoms with Crippen LogP contribution in [0.4, 0.5) is 0 Å². The van der Waals surface area contributed by atoms with E-state index in [4.69, 9.17) is 0 Å². The van der Waals surface area contributed by atoms with Gasteiger partial charge in [-0.2, -0.15) is 0 Å². The van der Waals surface area contributed by atoms with Gasteiger partial charge in [0.2, 0.25) is 0 Å². The topological polar surface area (TPSA) is 124 Å². The van der Waals surface area contributed by atoms with Crippen molar-refractivity contribution in [2.45, 2.75) is 25.7 Å². The van der Waals surface area contributed by atoms with Gasteiger partial charge < -0.3 is 96.5 Å². The molecule has 16 heteroatoms. The van der Waals surface area contributed by atoms with Gasteiger partial charge in [-0.25, -0.2) is 0 Å². The second kappa shape index (κ2) is 34.1. The van der Waals surface area contributed by atoms with Crippen LogP contribution in [0.1, 0.15) is 25.7 Å². The Morgan fingerprint density at radius 1 is 0.417 bits per heavy atom. The van der Waals surface area contributed by atoms with Crippen LogP contribution >= 0.6 is 16.8 Å². The van der Waals surface area contributed by atoms with Crippen molar-refractivity contribution in [1.82, 2.24) is 19.6 Å². The molecular formula is C20H56Ge2N8S6. The zero-order chi connectivity index (χ0) is 23.3. The van der Waals surface area contributed by atoms with Crippen molar-refractivity contribution in [3.05, 3.63) is 0 Å². The first-order chi connectivity index (χ1) is 15.7. The number of rotatable bonds is 12. The molecule has 3 aliphatic rings. The van der Waals surface area contributed by atoms with Gasteiger partial charge in [0.05, 0.1) is 26.2 Å². The Hall–Kier alpha value is 2.87. The van der Waals surface area contributed by atoms with Crippen molar-refractivity contribution in [2.75, 3.05) is 105 Å². The molecule has 12 N–H and O–H groups in total. The molecule has 3 saturated heterocycles. The third kappa shape index (κ3) is 25.8. The predicted octanol–water partition coefficient (Wildman–Crippen LogP) is -4.81. The molecule has 4 radical (unpaired) electrons. The Morgan fingerprint density at radius 2 is 0.583 bits per heavy atom. The number of piperazine rings is 2. The van der Waals surface area contributed by atoms with Crippen molar-refractivity contribution in [2.24, 2.45) is 0 Å². The van der Waals surface area contributed by atoms with E-state index in [1.807, 2.05) is 0 Å². The van der Waals surface area contributed by atoms with E-state index < -0.39 is 0 Å². The maximum atomic E-state index is 3.88. The molecule has 3 heterocycles. The molecule has 0 saturated carbocycles. The Bertz CT molecular complexity index is 342. The summed E-state index contributed by atoms with van der Waals surface area (Å²) in [5.74, 6) is 0. The Kier molecular flexibility index (Phi) is 43.4. The van der Waals surface area contributed by atoms with E-state index in [2.05, 4.69) is 59.4 Å². The summed E-state index contributed by atoms with van der Waals surface area (Å²) in [6, 6.07) is 0. The number of quaternary nitrogens is 4. The van der Waals surface area contributed by atoms with Crippen LogP contribution in [0.2, 0.25) is 0 Å². The number of thiol groups is 4. The third-order valence-electron chi connectivity index (χ3n) is 5.99. The van der Waals surface area contributed by atoms with Gasteiger partial charge in [-0.1, -0.05) is 0 Å². The van der Waals surface area contributed by atoms with E-state index in [0.29, 0.717) is 26.3 Å². The van der Waals surface area contributed by atoms with Crippen LogP contribution in [0.15, 0.2) is 0 Å². The van der Waals surface area contributed by atoms with Crippen LogP contribution in [-0.4, -0.2) is 151 Å². The van der Waals surface area contributed by atoms with E-state index in [9.17, 15) is 0 Å². The summed E-state index contributed by atoms with van der Waals surface area (Å²) in [4.78, 5) is 10.2. The van der Waals surface area contributed by atoms with Gasteiger partial charge >= 0.3 is 43.1 Å². The van der Waals surface area contributed by atoms with E-state index >= 15 is 0 Å². The molecular weight excluding hydrogens is 690 g/mol. The Labute approximate surface area is 267 Å². The van der Waals surface area contributed by atoms with Crippen molar-refractivity contribution >= 4 is 97.1 Å². The molecule has 8 nitrogen and oxygen atoms in total. The van der Waals surface area contributed by atoms with Gasteiger partial charge in [0.25, 0.3) is 0 Å². The molecule has 0 aliphatic carbocycles. The van der Waals surface area contributed by atoms with Crippen LogP contribution in [-0.2, 0) is 54.0 Å². The zero-order valence-electron chi connectivity index (χ0n) is 22.4. The number of nitrogens with zero attached hydrogens (tertiary/aromatic N) is 4. The van der Waals surface area contributed by atoms with Gasteiger partial charge in [0.1, 0.15) is 0 Å². The summed E-state index contributed by atoms with van der Waals surface area (Å²) >= 11 is 1.17. The summed E-state index contributed by atoms with van der Waals surface area (Å²) in [7, 11) is 4.50. The van der Waals surface area contributed by atoms with Crippen molar-refractivity contribution < 1.29 is 22.9 Å². The summed E-state index contributed by atoms with van der Waals surface area (Å²) in [5, 5.41) is 0. The summed E-state index contributed by atoms with van der Waals surface area (Å²) in [5.41, 5.74) is 15.5. The van der Waals surface area contributed by atoms with Gasteiger partial charge in [-0.15, -0.1) is 0 Å². The number of hydrogen-bond donors (Lipinski definition) is 4. The molecule has 0 aromatic rings. The number of hydrogen-bond acceptors (Lipinski definition) is 10. The predicted molar refractivity (Wildman–Crippen MR) is 177 cm³/mol. The fourth-order valence-electron chi connectivity index (χ4n) is 3.86. The summed E-state index contributed by atoms with van der Waals surface area (Å²) in [6.07, 6.45) is 5.00. The molecule has 0 unspecified atom stereocenters. The van der Waals surface area contributed by atoms with Gasteiger partial charge in [0, 0.05) is 104 Å². The van der Waals surface area contributed by atoms with Crippen LogP contribution in [0, 0.1) is 0 Å². The second-order valence-electron chi connectivity index (χ2n) is 8.57. The molecule has 3 aliphatic heterocycles. The normalized spacial score (nSPS) is 18.3. The minimum absolute atomic E-state index is 0. The standard InChI is InChI=1S/2C10H24N4.Ge2S2.4H2S/c2*11-3-1-5-13-7-9-14(10-8-13)6-2-4-12;1-3-2-4-1;;;;/h2*1-12H2;;4*1H2. The molecule has 0 amide bonds. The van der Waals surface area contributed by atoms with Crippen LogP contribution in [0.25, 0.3) is 0 Å². The minimum atomic E-state index is 0. The summed E-state index contributed by atoms with van der Waals surface area (Å²) in [6.45, 7) is 19.2. The van der Waals surface area contributed by atoms with E-state index in [0.717, 1.165) is 26.2 Å². The first kappa shape index (κ1) is 45.8. The molecule has 3 rings (SSSR count). The first-order valence-corrected chi connectivity index (χ1v) is 24.5. The van der Waals surface area contributed by atoms with E-state index in [1.54, 1.807) is 0 Å². The molecule has 3 fully saturated rings. The molecule has 0 atom stereocenters. The van der Waals surface area contributed by atoms with E-state index in [-0.39, 0.29) is 54.0 Å². The van der Waals surface area contributed by atoms with Crippen LogP contribution in [0.3, 0.4) is 0 Å². The molecule has 0 aromatic heterocycles. The quantitative estimate of drug-likeness (QED) is 0.0881. The van der Waals surface area contributed by atoms with Crippen molar-refractivity contribution in [1.29, 1.82) is 0 Å². The average molecular weight is 746 g/mol. The first-order valence-electron chi connectivity index (χ1n) is 12.6. The van der Waals surface area contributed by atoms with Crippen molar-refractivity contribution in [3.8, 4) is 0 Å². The monoisotopic (exact) mass is 748 g/mol. The molecule has 220 valence electrons. The average Bonchev–Trinajstić information content (AvgIpc) is 2.79. The van der Waals surface area contributed by atoms with Gasteiger partial charge in [0.15, 0.2) is 0 Å². The second-order valence-corrected chi connectivity index (χ2v) is 32.5. The van der Waals surface area contributed by atoms with Crippen LogP contribution in [0.5, 0.6) is 0 Å². The third-order valence-corrected chi connectivity index (χ3v) is 46.3. The maximum absolute atomic E-state index is 3.88. The molecule has 0 bridgehead atoms. The Balaban J connectivity index is -0.000000224.